The van der Waals surface area contributed by atoms with E-state index in [-0.39, 0.29) is 12.5 Å². The maximum absolute atomic E-state index is 12.8. The third-order valence-electron chi connectivity index (χ3n) is 6.03. The second kappa shape index (κ2) is 8.95. The Morgan fingerprint density at radius 1 is 1.00 bits per heavy atom. The number of carboxylic acids is 1. The van der Waals surface area contributed by atoms with Crippen molar-refractivity contribution in [3.8, 4) is 11.1 Å². The number of aliphatic carboxylic acids is 1. The van der Waals surface area contributed by atoms with Crippen LogP contribution in [-0.2, 0) is 14.3 Å². The van der Waals surface area contributed by atoms with Gasteiger partial charge in [0.05, 0.1) is 0 Å². The van der Waals surface area contributed by atoms with Crippen LogP contribution in [0.1, 0.15) is 17.0 Å². The van der Waals surface area contributed by atoms with Crippen molar-refractivity contribution in [1.82, 2.24) is 9.80 Å². The van der Waals surface area contributed by atoms with E-state index < -0.39 is 18.0 Å². The largest absolute Gasteiger partial charge is 0.480 e. The van der Waals surface area contributed by atoms with E-state index in [1.165, 1.54) is 0 Å². The smallest absolute Gasteiger partial charge is 0.335 e. The average molecular weight is 409 g/mol. The summed E-state index contributed by atoms with van der Waals surface area (Å²) in [4.78, 5) is 28.5. The summed E-state index contributed by atoms with van der Waals surface area (Å²) in [6, 6.07) is 14.9. The van der Waals surface area contributed by atoms with Crippen molar-refractivity contribution in [1.29, 1.82) is 0 Å². The Kier molecular flexibility index (Phi) is 6.13. The van der Waals surface area contributed by atoms with E-state index in [1.807, 2.05) is 36.4 Å². The van der Waals surface area contributed by atoms with Gasteiger partial charge in [-0.25, -0.2) is 9.59 Å². The number of carbonyl (C=O) groups excluding carboxylic acids is 1. The molecule has 0 aromatic heterocycles. The van der Waals surface area contributed by atoms with Crippen LogP contribution >= 0.6 is 0 Å². The summed E-state index contributed by atoms with van der Waals surface area (Å²) >= 11 is 0. The zero-order valence-corrected chi connectivity index (χ0v) is 16.9. The van der Waals surface area contributed by atoms with Gasteiger partial charge in [-0.15, -0.1) is 0 Å². The van der Waals surface area contributed by atoms with Crippen molar-refractivity contribution < 1.29 is 19.4 Å². The molecule has 1 aliphatic heterocycles. The fourth-order valence-corrected chi connectivity index (χ4v) is 4.52. The number of carboxylic acid groups (broad SMARTS) is 1. The summed E-state index contributed by atoms with van der Waals surface area (Å²) in [6.45, 7) is 3.85. The first kappa shape index (κ1) is 20.5. The number of hydrogen-bond donors (Lipinski definition) is 2. The zero-order chi connectivity index (χ0) is 21.1. The lowest BCUT2D eigenvalue weighted by atomic mass is 9.98. The standard InChI is InChI=1S/C23H27N3O4/c24-9-10-25-11-13-26(14-12-25)21(22(27)28)23(29)30-15-20-18-7-3-1-5-16(18)17-6-2-4-8-19(17)20/h1-8,20-21H,9-15,24H2,(H,27,28)/t21-/m1/s1. The van der Waals surface area contributed by atoms with Crippen molar-refractivity contribution in [3.05, 3.63) is 59.7 Å². The topological polar surface area (TPSA) is 96.1 Å². The van der Waals surface area contributed by atoms with Gasteiger partial charge in [-0.1, -0.05) is 48.5 Å². The van der Waals surface area contributed by atoms with Gasteiger partial charge in [-0.05, 0) is 22.3 Å². The molecule has 0 spiro atoms. The fourth-order valence-electron chi connectivity index (χ4n) is 4.52. The molecule has 30 heavy (non-hydrogen) atoms. The van der Waals surface area contributed by atoms with Crippen LogP contribution in [0, 0.1) is 0 Å². The van der Waals surface area contributed by atoms with Crippen molar-refractivity contribution in [2.75, 3.05) is 45.9 Å². The lowest BCUT2D eigenvalue weighted by molar-refractivity contribution is -0.161. The predicted octanol–water partition coefficient (Wildman–Crippen LogP) is 1.37. The molecule has 0 amide bonds. The van der Waals surface area contributed by atoms with Gasteiger partial charge >= 0.3 is 11.9 Å². The van der Waals surface area contributed by atoms with Gasteiger partial charge in [0.25, 0.3) is 0 Å². The van der Waals surface area contributed by atoms with Crippen LogP contribution in [0.5, 0.6) is 0 Å². The van der Waals surface area contributed by atoms with Gasteiger partial charge in [-0.3, -0.25) is 9.80 Å². The molecule has 4 rings (SSSR count). The number of fused-ring (bicyclic) bond motifs is 3. The van der Waals surface area contributed by atoms with Crippen LogP contribution in [-0.4, -0.2) is 78.8 Å². The van der Waals surface area contributed by atoms with Gasteiger partial charge in [-0.2, -0.15) is 0 Å². The van der Waals surface area contributed by atoms with Gasteiger partial charge in [0.15, 0.2) is 0 Å². The summed E-state index contributed by atoms with van der Waals surface area (Å²) in [6.07, 6.45) is 0. The van der Waals surface area contributed by atoms with Crippen LogP contribution in [0.4, 0.5) is 0 Å². The summed E-state index contributed by atoms with van der Waals surface area (Å²) < 4.78 is 5.60. The fraction of sp³-hybridized carbons (Fsp3) is 0.391. The second-order valence-electron chi connectivity index (χ2n) is 7.76. The highest BCUT2D eigenvalue weighted by Crippen LogP contribution is 2.44. The van der Waals surface area contributed by atoms with E-state index >= 15 is 0 Å². The molecule has 2 aromatic rings. The highest BCUT2D eigenvalue weighted by atomic mass is 16.5. The van der Waals surface area contributed by atoms with E-state index in [0.717, 1.165) is 28.8 Å². The first-order chi connectivity index (χ1) is 14.6. The normalized spacial score (nSPS) is 17.9. The predicted molar refractivity (Wildman–Crippen MR) is 113 cm³/mol. The monoisotopic (exact) mass is 409 g/mol. The molecule has 1 atom stereocenters. The van der Waals surface area contributed by atoms with Crippen molar-refractivity contribution in [2.45, 2.75) is 12.0 Å². The Bertz CT molecular complexity index is 879. The SMILES string of the molecule is NCCN1CCN([C@H](C(=O)O)C(=O)OCC2c3ccccc3-c3ccccc32)CC1. The number of rotatable bonds is 7. The number of nitrogens with two attached hydrogens (primary N) is 1. The Morgan fingerprint density at radius 3 is 2.10 bits per heavy atom. The Hall–Kier alpha value is -2.74. The molecule has 0 bridgehead atoms. The van der Waals surface area contributed by atoms with E-state index in [4.69, 9.17) is 10.5 Å². The summed E-state index contributed by atoms with van der Waals surface area (Å²) in [5.74, 6) is -1.95. The van der Waals surface area contributed by atoms with Gasteiger partial charge in [0.2, 0.25) is 6.04 Å². The van der Waals surface area contributed by atoms with Crippen LogP contribution in [0.25, 0.3) is 11.1 Å². The number of carbonyl (C=O) groups is 2. The maximum atomic E-state index is 12.8. The molecule has 1 saturated heterocycles. The lowest BCUT2D eigenvalue weighted by Crippen LogP contribution is -2.56. The Labute approximate surface area is 176 Å². The van der Waals surface area contributed by atoms with E-state index in [0.29, 0.717) is 32.7 Å². The number of nitrogens with zero attached hydrogens (tertiary/aromatic N) is 2. The lowest BCUT2D eigenvalue weighted by Gasteiger charge is -2.36. The average Bonchev–Trinajstić information content (AvgIpc) is 3.07. The van der Waals surface area contributed by atoms with E-state index in [2.05, 4.69) is 17.0 Å². The molecule has 0 unspecified atom stereocenters. The quantitative estimate of drug-likeness (QED) is 0.527. The van der Waals surface area contributed by atoms with E-state index in [9.17, 15) is 14.7 Å². The maximum Gasteiger partial charge on any atom is 0.335 e. The molecule has 1 fully saturated rings. The Morgan fingerprint density at radius 2 is 1.57 bits per heavy atom. The molecule has 0 radical (unpaired) electrons. The number of piperazine rings is 1. The summed E-state index contributed by atoms with van der Waals surface area (Å²) in [5.41, 5.74) is 10.1. The molecule has 2 aromatic carbocycles. The number of esters is 1. The van der Waals surface area contributed by atoms with Gasteiger partial charge in [0, 0.05) is 45.2 Å². The van der Waals surface area contributed by atoms with Gasteiger partial charge < -0.3 is 15.6 Å². The minimum atomic E-state index is -1.28. The molecular weight excluding hydrogens is 382 g/mol. The Balaban J connectivity index is 1.45. The highest BCUT2D eigenvalue weighted by molar-refractivity contribution is 5.98. The van der Waals surface area contributed by atoms with Crippen LogP contribution in [0.15, 0.2) is 48.5 Å². The molecular formula is C23H27N3O4. The minimum Gasteiger partial charge on any atom is -0.480 e. The highest BCUT2D eigenvalue weighted by Gasteiger charge is 2.37. The first-order valence-electron chi connectivity index (χ1n) is 10.3. The molecule has 1 heterocycles. The summed E-state index contributed by atoms with van der Waals surface area (Å²) in [7, 11) is 0. The van der Waals surface area contributed by atoms with Crippen LogP contribution in [0.3, 0.4) is 0 Å². The molecule has 3 N–H and O–H groups in total. The number of ether oxygens (including phenoxy) is 1. The molecule has 0 saturated carbocycles. The second-order valence-corrected chi connectivity index (χ2v) is 7.76. The van der Waals surface area contributed by atoms with Gasteiger partial charge in [0.1, 0.15) is 6.61 Å². The molecule has 7 heteroatoms. The summed E-state index contributed by atoms with van der Waals surface area (Å²) in [5, 5.41) is 9.70. The third-order valence-corrected chi connectivity index (χ3v) is 6.03. The molecule has 158 valence electrons. The number of hydrogen-bond acceptors (Lipinski definition) is 6. The third kappa shape index (κ3) is 3.96. The first-order valence-corrected chi connectivity index (χ1v) is 10.3. The van der Waals surface area contributed by atoms with Crippen molar-refractivity contribution in [3.63, 3.8) is 0 Å². The van der Waals surface area contributed by atoms with Crippen molar-refractivity contribution >= 4 is 11.9 Å². The van der Waals surface area contributed by atoms with Crippen LogP contribution in [0.2, 0.25) is 0 Å². The minimum absolute atomic E-state index is 0.0859. The number of benzene rings is 2. The van der Waals surface area contributed by atoms with Crippen molar-refractivity contribution in [2.24, 2.45) is 5.73 Å². The van der Waals surface area contributed by atoms with E-state index in [1.54, 1.807) is 4.90 Å². The molecule has 1 aliphatic carbocycles. The zero-order valence-electron chi connectivity index (χ0n) is 16.9. The molecule has 7 nitrogen and oxygen atoms in total. The van der Waals surface area contributed by atoms with Crippen LogP contribution < -0.4 is 5.73 Å². The molecule has 2 aliphatic rings.